The number of rotatable bonds is 6. The van der Waals surface area contributed by atoms with Crippen LogP contribution >= 0.6 is 11.8 Å². The van der Waals surface area contributed by atoms with Crippen LogP contribution in [0.25, 0.3) is 0 Å². The van der Waals surface area contributed by atoms with Crippen molar-refractivity contribution < 1.29 is 5.11 Å². The normalized spacial score (nSPS) is 16.6. The largest absolute Gasteiger partial charge is 0.385 e. The zero-order valence-corrected chi connectivity index (χ0v) is 12.9. The van der Waals surface area contributed by atoms with E-state index in [1.54, 1.807) is 11.8 Å². The fraction of sp³-hybridized carbons (Fsp3) is 0.600. The van der Waals surface area contributed by atoms with E-state index in [0.29, 0.717) is 0 Å². The molecule has 1 rings (SSSR count). The number of hydrogen-bond acceptors (Lipinski definition) is 3. The Morgan fingerprint density at radius 3 is 2.56 bits per heavy atom. The standard InChI is InChI=1S/C15H25NOS/c1-6-15(17,12(2)11-16(3)4)13-8-7-9-14(10-13)18-5/h7-10,12,17H,6,11H2,1-5H3/t12-,15-/m1/s1. The summed E-state index contributed by atoms with van der Waals surface area (Å²) in [7, 11) is 4.09. The summed E-state index contributed by atoms with van der Waals surface area (Å²) >= 11 is 1.71. The lowest BCUT2D eigenvalue weighted by Gasteiger charge is -2.35. The minimum absolute atomic E-state index is 0.203. The summed E-state index contributed by atoms with van der Waals surface area (Å²) < 4.78 is 0. The Balaban J connectivity index is 3.05. The van der Waals surface area contributed by atoms with Crippen molar-refractivity contribution in [2.45, 2.75) is 30.8 Å². The van der Waals surface area contributed by atoms with Crippen LogP contribution in [0, 0.1) is 5.92 Å². The highest BCUT2D eigenvalue weighted by Gasteiger charge is 2.34. The Morgan fingerprint density at radius 2 is 2.06 bits per heavy atom. The Bertz CT molecular complexity index is 381. The number of nitrogens with zero attached hydrogens (tertiary/aromatic N) is 1. The molecule has 0 aliphatic carbocycles. The Labute approximate surface area is 115 Å². The number of aliphatic hydroxyl groups is 1. The molecule has 1 N–H and O–H groups in total. The minimum atomic E-state index is -0.740. The predicted octanol–water partition coefficient (Wildman–Crippen LogP) is 3.20. The first-order chi connectivity index (χ1) is 8.43. The lowest BCUT2D eigenvalue weighted by molar-refractivity contribution is -0.0293. The van der Waals surface area contributed by atoms with Gasteiger partial charge in [-0.1, -0.05) is 26.0 Å². The van der Waals surface area contributed by atoms with Gasteiger partial charge in [0.1, 0.15) is 0 Å². The van der Waals surface area contributed by atoms with Crippen LogP contribution < -0.4 is 0 Å². The van der Waals surface area contributed by atoms with E-state index in [0.717, 1.165) is 18.5 Å². The summed E-state index contributed by atoms with van der Waals surface area (Å²) in [4.78, 5) is 3.33. The molecule has 0 saturated heterocycles. The second-order valence-electron chi connectivity index (χ2n) is 5.17. The average molecular weight is 267 g/mol. The predicted molar refractivity (Wildman–Crippen MR) is 80.1 cm³/mol. The molecule has 0 unspecified atom stereocenters. The van der Waals surface area contributed by atoms with E-state index >= 15 is 0 Å². The SMILES string of the molecule is CC[C@](O)(c1cccc(SC)c1)[C@H](C)CN(C)C. The van der Waals surface area contributed by atoms with Gasteiger partial charge < -0.3 is 10.0 Å². The van der Waals surface area contributed by atoms with Gasteiger partial charge >= 0.3 is 0 Å². The van der Waals surface area contributed by atoms with Crippen LogP contribution in [0.5, 0.6) is 0 Å². The minimum Gasteiger partial charge on any atom is -0.385 e. The molecule has 2 nitrogen and oxygen atoms in total. The van der Waals surface area contributed by atoms with E-state index in [-0.39, 0.29) is 5.92 Å². The molecule has 0 bridgehead atoms. The van der Waals surface area contributed by atoms with Crippen LogP contribution in [0.2, 0.25) is 0 Å². The van der Waals surface area contributed by atoms with Crippen molar-refractivity contribution >= 4 is 11.8 Å². The van der Waals surface area contributed by atoms with E-state index in [1.807, 2.05) is 26.2 Å². The highest BCUT2D eigenvalue weighted by Crippen LogP contribution is 2.34. The summed E-state index contributed by atoms with van der Waals surface area (Å²) in [5.74, 6) is 0.203. The van der Waals surface area contributed by atoms with Crippen LogP contribution in [-0.2, 0) is 5.60 Å². The highest BCUT2D eigenvalue weighted by molar-refractivity contribution is 7.98. The summed E-state index contributed by atoms with van der Waals surface area (Å²) in [6.45, 7) is 5.06. The molecule has 0 saturated carbocycles. The fourth-order valence-corrected chi connectivity index (χ4v) is 2.89. The van der Waals surface area contributed by atoms with E-state index in [9.17, 15) is 5.11 Å². The molecule has 0 aliphatic rings. The number of benzene rings is 1. The molecule has 0 heterocycles. The number of hydrogen-bond donors (Lipinski definition) is 1. The molecular formula is C15H25NOS. The average Bonchev–Trinajstić information content (AvgIpc) is 2.37. The van der Waals surface area contributed by atoms with Gasteiger partial charge in [-0.2, -0.15) is 0 Å². The molecule has 0 spiro atoms. The molecule has 1 aromatic rings. The maximum absolute atomic E-state index is 11.0. The van der Waals surface area contributed by atoms with Crippen LogP contribution in [0.4, 0.5) is 0 Å². The van der Waals surface area contributed by atoms with Gasteiger partial charge in [-0.05, 0) is 44.5 Å². The third-order valence-corrected chi connectivity index (χ3v) is 4.29. The quantitative estimate of drug-likeness (QED) is 0.801. The van der Waals surface area contributed by atoms with Crippen molar-refractivity contribution in [1.82, 2.24) is 4.90 Å². The summed E-state index contributed by atoms with van der Waals surface area (Å²) in [6, 6.07) is 8.26. The lowest BCUT2D eigenvalue weighted by Crippen LogP contribution is -2.38. The Morgan fingerprint density at radius 1 is 1.39 bits per heavy atom. The molecule has 2 atom stereocenters. The second-order valence-corrected chi connectivity index (χ2v) is 6.05. The molecule has 0 amide bonds. The van der Waals surface area contributed by atoms with E-state index < -0.39 is 5.60 Å². The monoisotopic (exact) mass is 267 g/mol. The zero-order valence-electron chi connectivity index (χ0n) is 12.1. The van der Waals surface area contributed by atoms with Crippen LogP contribution in [-0.4, -0.2) is 36.9 Å². The van der Waals surface area contributed by atoms with Crippen molar-refractivity contribution in [2.75, 3.05) is 26.9 Å². The molecule has 18 heavy (non-hydrogen) atoms. The summed E-state index contributed by atoms with van der Waals surface area (Å²) in [6.07, 6.45) is 2.80. The van der Waals surface area contributed by atoms with Crippen molar-refractivity contribution in [3.05, 3.63) is 29.8 Å². The molecule has 3 heteroatoms. The zero-order chi connectivity index (χ0) is 13.8. The first kappa shape index (κ1) is 15.5. The van der Waals surface area contributed by atoms with Gasteiger partial charge in [0.15, 0.2) is 0 Å². The van der Waals surface area contributed by atoms with Gasteiger partial charge in [-0.25, -0.2) is 0 Å². The number of thioether (sulfide) groups is 1. The van der Waals surface area contributed by atoms with E-state index in [1.165, 1.54) is 4.90 Å². The van der Waals surface area contributed by atoms with Crippen molar-refractivity contribution in [3.63, 3.8) is 0 Å². The van der Waals surface area contributed by atoms with Crippen LogP contribution in [0.1, 0.15) is 25.8 Å². The fourth-order valence-electron chi connectivity index (χ4n) is 2.43. The van der Waals surface area contributed by atoms with Crippen molar-refractivity contribution in [2.24, 2.45) is 5.92 Å². The smallest absolute Gasteiger partial charge is 0.0931 e. The molecule has 0 fully saturated rings. The van der Waals surface area contributed by atoms with Crippen LogP contribution in [0.15, 0.2) is 29.2 Å². The maximum atomic E-state index is 11.0. The molecular weight excluding hydrogens is 242 g/mol. The van der Waals surface area contributed by atoms with Crippen LogP contribution in [0.3, 0.4) is 0 Å². The molecule has 0 radical (unpaired) electrons. The van der Waals surface area contributed by atoms with Crippen molar-refractivity contribution in [1.29, 1.82) is 0 Å². The third-order valence-electron chi connectivity index (χ3n) is 3.56. The first-order valence-electron chi connectivity index (χ1n) is 6.45. The highest BCUT2D eigenvalue weighted by atomic mass is 32.2. The van der Waals surface area contributed by atoms with Gasteiger partial charge in [-0.3, -0.25) is 0 Å². The molecule has 0 aliphatic heterocycles. The lowest BCUT2D eigenvalue weighted by atomic mass is 9.80. The Kier molecular flexibility index (Phi) is 5.70. The third kappa shape index (κ3) is 3.50. The van der Waals surface area contributed by atoms with E-state index in [4.69, 9.17) is 0 Å². The van der Waals surface area contributed by atoms with Gasteiger partial charge in [-0.15, -0.1) is 11.8 Å². The van der Waals surface area contributed by atoms with Gasteiger partial charge in [0, 0.05) is 17.4 Å². The maximum Gasteiger partial charge on any atom is 0.0931 e. The van der Waals surface area contributed by atoms with Gasteiger partial charge in [0.05, 0.1) is 5.60 Å². The summed E-state index contributed by atoms with van der Waals surface area (Å²) in [5.41, 5.74) is 0.293. The molecule has 102 valence electrons. The molecule has 1 aromatic carbocycles. The Hall–Kier alpha value is -0.510. The topological polar surface area (TPSA) is 23.5 Å². The second kappa shape index (κ2) is 6.60. The van der Waals surface area contributed by atoms with E-state index in [2.05, 4.69) is 37.1 Å². The first-order valence-corrected chi connectivity index (χ1v) is 7.68. The summed E-state index contributed by atoms with van der Waals surface area (Å²) in [5, 5.41) is 11.0. The molecule has 0 aromatic heterocycles. The van der Waals surface area contributed by atoms with Gasteiger partial charge in [0.25, 0.3) is 0 Å². The van der Waals surface area contributed by atoms with Crippen molar-refractivity contribution in [3.8, 4) is 0 Å². The van der Waals surface area contributed by atoms with Gasteiger partial charge in [0.2, 0.25) is 0 Å².